The van der Waals surface area contributed by atoms with Crippen molar-refractivity contribution in [2.24, 2.45) is 0 Å². The van der Waals surface area contributed by atoms with Crippen molar-refractivity contribution < 1.29 is 22.6 Å². The summed E-state index contributed by atoms with van der Waals surface area (Å²) in [6.07, 6.45) is -1.99. The molecule has 0 spiro atoms. The van der Waals surface area contributed by atoms with Gasteiger partial charge in [0.05, 0.1) is 24.0 Å². The van der Waals surface area contributed by atoms with E-state index in [-0.39, 0.29) is 0 Å². The second-order valence-corrected chi connectivity index (χ2v) is 8.84. The zero-order valence-corrected chi connectivity index (χ0v) is 19.7. The Kier molecular flexibility index (Phi) is 7.28. The Bertz CT molecular complexity index is 1120. The summed E-state index contributed by atoms with van der Waals surface area (Å²) < 4.78 is 51.1. The smallest absolute Gasteiger partial charge is 0.416 e. The van der Waals surface area contributed by atoms with Crippen LogP contribution >= 0.6 is 0 Å². The van der Waals surface area contributed by atoms with Crippen LogP contribution in [0.5, 0.6) is 5.75 Å². The van der Waals surface area contributed by atoms with E-state index in [0.717, 1.165) is 54.9 Å². The van der Waals surface area contributed by atoms with Crippen molar-refractivity contribution in [2.75, 3.05) is 33.4 Å². The van der Waals surface area contributed by atoms with Crippen molar-refractivity contribution in [3.8, 4) is 28.4 Å². The molecule has 182 valence electrons. The van der Waals surface area contributed by atoms with Gasteiger partial charge in [-0.25, -0.2) is 4.98 Å². The number of halogens is 3. The van der Waals surface area contributed by atoms with Crippen molar-refractivity contribution in [2.45, 2.75) is 39.0 Å². The monoisotopic (exact) mass is 473 g/mol. The standard InChI is InChI=1S/C26H30F3N3O2/c1-17-15-22(34-14-13-33-21-9-11-32(3)12-10-21)7-8-23(17)25-30-18(2)24(31-25)19-5-4-6-20(16-19)26(27,28)29/h4-8,15-16,21H,9-14H2,1-3H3,(H,30,31). The maximum absolute atomic E-state index is 13.1. The number of benzene rings is 2. The van der Waals surface area contributed by atoms with Crippen LogP contribution in [0, 0.1) is 13.8 Å². The number of hydrogen-bond donors (Lipinski definition) is 1. The van der Waals surface area contributed by atoms with Gasteiger partial charge in [0.25, 0.3) is 0 Å². The number of rotatable bonds is 7. The molecule has 4 rings (SSSR count). The lowest BCUT2D eigenvalue weighted by Crippen LogP contribution is -2.34. The second kappa shape index (κ2) is 10.2. The molecule has 1 fully saturated rings. The minimum atomic E-state index is -4.40. The second-order valence-electron chi connectivity index (χ2n) is 8.84. The predicted molar refractivity (Wildman–Crippen MR) is 126 cm³/mol. The molecular formula is C26H30F3N3O2. The van der Waals surface area contributed by atoms with E-state index in [1.54, 1.807) is 6.07 Å². The maximum atomic E-state index is 13.1. The van der Waals surface area contributed by atoms with Gasteiger partial charge in [-0.2, -0.15) is 13.2 Å². The maximum Gasteiger partial charge on any atom is 0.416 e. The summed E-state index contributed by atoms with van der Waals surface area (Å²) in [6, 6.07) is 11.0. The van der Waals surface area contributed by atoms with Gasteiger partial charge in [-0.15, -0.1) is 0 Å². The van der Waals surface area contributed by atoms with Gasteiger partial charge in [-0.05, 0) is 69.6 Å². The molecule has 1 saturated heterocycles. The number of H-pyrrole nitrogens is 1. The fraction of sp³-hybridized carbons (Fsp3) is 0.423. The van der Waals surface area contributed by atoms with Crippen LogP contribution in [-0.4, -0.2) is 54.3 Å². The van der Waals surface area contributed by atoms with Crippen molar-refractivity contribution in [3.63, 3.8) is 0 Å². The van der Waals surface area contributed by atoms with Crippen LogP contribution in [0.3, 0.4) is 0 Å². The molecule has 1 aromatic heterocycles. The third-order valence-corrected chi connectivity index (χ3v) is 6.17. The van der Waals surface area contributed by atoms with Crippen LogP contribution in [0.25, 0.3) is 22.6 Å². The number of nitrogens with zero attached hydrogens (tertiary/aromatic N) is 2. The molecule has 0 atom stereocenters. The molecular weight excluding hydrogens is 443 g/mol. The van der Waals surface area contributed by atoms with Crippen molar-refractivity contribution in [3.05, 3.63) is 59.3 Å². The average molecular weight is 474 g/mol. The van der Waals surface area contributed by atoms with E-state index in [1.165, 1.54) is 6.07 Å². The zero-order valence-electron chi connectivity index (χ0n) is 19.7. The molecule has 34 heavy (non-hydrogen) atoms. The summed E-state index contributed by atoms with van der Waals surface area (Å²) in [4.78, 5) is 10.1. The molecule has 1 N–H and O–H groups in total. The molecule has 0 unspecified atom stereocenters. The van der Waals surface area contributed by atoms with Crippen LogP contribution < -0.4 is 4.74 Å². The Balaban J connectivity index is 1.40. The van der Waals surface area contributed by atoms with Crippen LogP contribution in [-0.2, 0) is 10.9 Å². The number of imidazole rings is 1. The lowest BCUT2D eigenvalue weighted by molar-refractivity contribution is -0.137. The molecule has 0 amide bonds. The molecule has 2 aromatic carbocycles. The first-order valence-electron chi connectivity index (χ1n) is 11.5. The first-order valence-corrected chi connectivity index (χ1v) is 11.5. The predicted octanol–water partition coefficient (Wildman–Crippen LogP) is 5.87. The Morgan fingerprint density at radius 2 is 1.82 bits per heavy atom. The van der Waals surface area contributed by atoms with Gasteiger partial charge in [0.1, 0.15) is 18.2 Å². The number of nitrogens with one attached hydrogen (secondary N) is 1. The summed E-state index contributed by atoms with van der Waals surface area (Å²) in [5.41, 5.74) is 2.78. The number of aromatic nitrogens is 2. The van der Waals surface area contributed by atoms with Crippen molar-refractivity contribution in [1.29, 1.82) is 0 Å². The number of aryl methyl sites for hydroxylation is 2. The minimum absolute atomic E-state index is 0.303. The van der Waals surface area contributed by atoms with Gasteiger partial charge >= 0.3 is 6.18 Å². The Hall–Kier alpha value is -2.84. The van der Waals surface area contributed by atoms with Crippen LogP contribution in [0.15, 0.2) is 42.5 Å². The van der Waals surface area contributed by atoms with E-state index in [1.807, 2.05) is 32.0 Å². The molecule has 2 heterocycles. The molecule has 0 aliphatic carbocycles. The molecule has 8 heteroatoms. The molecule has 5 nitrogen and oxygen atoms in total. The Labute approximate surface area is 197 Å². The number of likely N-dealkylation sites (tertiary alicyclic amines) is 1. The van der Waals surface area contributed by atoms with Gasteiger partial charge in [0.15, 0.2) is 0 Å². The third-order valence-electron chi connectivity index (χ3n) is 6.17. The average Bonchev–Trinajstić information content (AvgIpc) is 3.19. The van der Waals surface area contributed by atoms with Gasteiger partial charge in [0, 0.05) is 29.9 Å². The van der Waals surface area contributed by atoms with E-state index in [9.17, 15) is 13.2 Å². The number of piperidine rings is 1. The zero-order chi connectivity index (χ0) is 24.3. The largest absolute Gasteiger partial charge is 0.491 e. The fourth-order valence-corrected chi connectivity index (χ4v) is 4.23. The summed E-state index contributed by atoms with van der Waals surface area (Å²) in [6.45, 7) is 6.92. The normalized spacial score (nSPS) is 15.6. The van der Waals surface area contributed by atoms with E-state index >= 15 is 0 Å². The summed E-state index contributed by atoms with van der Waals surface area (Å²) in [5.74, 6) is 1.36. The molecule has 1 aliphatic heterocycles. The van der Waals surface area contributed by atoms with Gasteiger partial charge in [-0.3, -0.25) is 0 Å². The number of alkyl halides is 3. The Morgan fingerprint density at radius 1 is 1.06 bits per heavy atom. The van der Waals surface area contributed by atoms with Crippen molar-refractivity contribution in [1.82, 2.24) is 14.9 Å². The number of ether oxygens (including phenoxy) is 2. The molecule has 1 aliphatic rings. The number of aromatic amines is 1. The first-order chi connectivity index (χ1) is 16.2. The summed E-state index contributed by atoms with van der Waals surface area (Å²) in [5, 5.41) is 0. The lowest BCUT2D eigenvalue weighted by atomic mass is 10.1. The first kappa shape index (κ1) is 24.3. The van der Waals surface area contributed by atoms with E-state index in [2.05, 4.69) is 21.9 Å². The SMILES string of the molecule is Cc1cc(OCCOC2CCN(C)CC2)ccc1-c1nc(-c2cccc(C(F)(F)F)c2)c(C)[nH]1. The number of hydrogen-bond acceptors (Lipinski definition) is 4. The van der Waals surface area contributed by atoms with Crippen LogP contribution in [0.4, 0.5) is 13.2 Å². The van der Waals surface area contributed by atoms with Gasteiger partial charge in [0.2, 0.25) is 0 Å². The summed E-state index contributed by atoms with van der Waals surface area (Å²) >= 11 is 0. The third kappa shape index (κ3) is 5.80. The molecule has 0 radical (unpaired) electrons. The Morgan fingerprint density at radius 3 is 2.53 bits per heavy atom. The highest BCUT2D eigenvalue weighted by Crippen LogP contribution is 2.34. The summed E-state index contributed by atoms with van der Waals surface area (Å²) in [7, 11) is 2.13. The quantitative estimate of drug-likeness (QED) is 0.436. The van der Waals surface area contributed by atoms with E-state index in [4.69, 9.17) is 9.47 Å². The van der Waals surface area contributed by atoms with Gasteiger partial charge < -0.3 is 19.4 Å². The lowest BCUT2D eigenvalue weighted by Gasteiger charge is -2.28. The van der Waals surface area contributed by atoms with Crippen LogP contribution in [0.1, 0.15) is 29.7 Å². The molecule has 3 aromatic rings. The highest BCUT2D eigenvalue weighted by molar-refractivity contribution is 5.69. The van der Waals surface area contributed by atoms with E-state index in [0.29, 0.717) is 42.1 Å². The molecule has 0 bridgehead atoms. The topological polar surface area (TPSA) is 50.4 Å². The van der Waals surface area contributed by atoms with E-state index < -0.39 is 11.7 Å². The highest BCUT2D eigenvalue weighted by atomic mass is 19.4. The van der Waals surface area contributed by atoms with Crippen molar-refractivity contribution >= 4 is 0 Å². The highest BCUT2D eigenvalue weighted by Gasteiger charge is 2.30. The molecule has 0 saturated carbocycles. The minimum Gasteiger partial charge on any atom is -0.491 e. The van der Waals surface area contributed by atoms with Crippen LogP contribution in [0.2, 0.25) is 0 Å². The van der Waals surface area contributed by atoms with Gasteiger partial charge in [-0.1, -0.05) is 12.1 Å². The fourth-order valence-electron chi connectivity index (χ4n) is 4.23.